The molecule has 1 aliphatic heterocycles. The van der Waals surface area contributed by atoms with E-state index in [-0.39, 0.29) is 35.0 Å². The van der Waals surface area contributed by atoms with Gasteiger partial charge in [-0.3, -0.25) is 9.48 Å². The Morgan fingerprint density at radius 1 is 1.20 bits per heavy atom. The second-order valence-corrected chi connectivity index (χ2v) is 8.92. The van der Waals surface area contributed by atoms with Crippen LogP contribution in [0.5, 0.6) is 0 Å². The van der Waals surface area contributed by atoms with E-state index in [2.05, 4.69) is 10.4 Å². The average Bonchev–Trinajstić information content (AvgIpc) is 3.21. The molecule has 1 saturated heterocycles. The summed E-state index contributed by atoms with van der Waals surface area (Å²) in [6, 6.07) is 7.06. The third-order valence-electron chi connectivity index (χ3n) is 4.65. The van der Waals surface area contributed by atoms with E-state index in [1.807, 2.05) is 0 Å². The molecule has 1 aromatic carbocycles. The van der Waals surface area contributed by atoms with E-state index in [9.17, 15) is 17.6 Å². The Morgan fingerprint density at radius 3 is 2.52 bits per heavy atom. The molecule has 2 aliphatic rings. The second-order valence-electron chi connectivity index (χ2n) is 6.69. The summed E-state index contributed by atoms with van der Waals surface area (Å²) in [7, 11) is -3.03. The van der Waals surface area contributed by atoms with Crippen LogP contribution in [0.1, 0.15) is 47.4 Å². The molecule has 1 aliphatic carbocycles. The molecule has 0 radical (unpaired) electrons. The number of hydrogen-bond acceptors (Lipinski definition) is 4. The number of anilines is 1. The van der Waals surface area contributed by atoms with Crippen LogP contribution in [0.15, 0.2) is 30.3 Å². The summed E-state index contributed by atoms with van der Waals surface area (Å²) in [6.45, 7) is 0. The zero-order valence-electron chi connectivity index (χ0n) is 13.5. The summed E-state index contributed by atoms with van der Waals surface area (Å²) >= 11 is 0. The minimum absolute atomic E-state index is 0.0768. The summed E-state index contributed by atoms with van der Waals surface area (Å²) in [4.78, 5) is 12.5. The normalized spacial score (nSPS) is 22.0. The van der Waals surface area contributed by atoms with Crippen molar-refractivity contribution < 1.29 is 17.6 Å². The van der Waals surface area contributed by atoms with Crippen molar-refractivity contribution in [1.29, 1.82) is 0 Å². The van der Waals surface area contributed by atoms with Gasteiger partial charge in [-0.2, -0.15) is 5.10 Å². The maximum absolute atomic E-state index is 13.0. The van der Waals surface area contributed by atoms with E-state index in [0.29, 0.717) is 18.0 Å². The first-order valence-electron chi connectivity index (χ1n) is 8.28. The SMILES string of the molecule is O=C(Nc1ccc(F)cc1)c1cc(C2CC2)n(C2CCS(=O)(=O)C2)n1. The van der Waals surface area contributed by atoms with Gasteiger partial charge in [-0.25, -0.2) is 12.8 Å². The Morgan fingerprint density at radius 2 is 1.92 bits per heavy atom. The van der Waals surface area contributed by atoms with Crippen LogP contribution in [0, 0.1) is 5.82 Å². The first kappa shape index (κ1) is 16.3. The molecule has 2 aromatic rings. The van der Waals surface area contributed by atoms with E-state index < -0.39 is 9.84 Å². The molecule has 1 aromatic heterocycles. The van der Waals surface area contributed by atoms with Crippen molar-refractivity contribution in [2.75, 3.05) is 16.8 Å². The monoisotopic (exact) mass is 363 g/mol. The van der Waals surface area contributed by atoms with E-state index in [0.717, 1.165) is 18.5 Å². The Hall–Kier alpha value is -2.22. The molecule has 6 nitrogen and oxygen atoms in total. The van der Waals surface area contributed by atoms with E-state index in [1.54, 1.807) is 10.7 Å². The van der Waals surface area contributed by atoms with Gasteiger partial charge in [0.05, 0.1) is 17.5 Å². The Kier molecular flexibility index (Phi) is 3.87. The lowest BCUT2D eigenvalue weighted by molar-refractivity contribution is 0.102. The first-order chi connectivity index (χ1) is 11.9. The fourth-order valence-electron chi connectivity index (χ4n) is 3.19. The van der Waals surface area contributed by atoms with Gasteiger partial charge in [0, 0.05) is 17.3 Å². The minimum atomic E-state index is -3.03. The molecule has 1 N–H and O–H groups in total. The Bertz CT molecular complexity index is 917. The Balaban J connectivity index is 1.59. The molecule has 0 spiro atoms. The lowest BCUT2D eigenvalue weighted by Crippen LogP contribution is -2.17. The van der Waals surface area contributed by atoms with Gasteiger partial charge in [-0.05, 0) is 49.6 Å². The highest BCUT2D eigenvalue weighted by Gasteiger charge is 2.36. The third-order valence-corrected chi connectivity index (χ3v) is 6.40. The van der Waals surface area contributed by atoms with Crippen molar-refractivity contribution in [3.05, 3.63) is 47.5 Å². The third kappa shape index (κ3) is 3.44. The molecule has 1 unspecified atom stereocenters. The fraction of sp³-hybridized carbons (Fsp3) is 0.412. The highest BCUT2D eigenvalue weighted by atomic mass is 32.2. The van der Waals surface area contributed by atoms with Gasteiger partial charge >= 0.3 is 0 Å². The van der Waals surface area contributed by atoms with Crippen molar-refractivity contribution in [2.24, 2.45) is 0 Å². The number of nitrogens with zero attached hydrogens (tertiary/aromatic N) is 2. The van der Waals surface area contributed by atoms with Gasteiger partial charge in [0.2, 0.25) is 0 Å². The van der Waals surface area contributed by atoms with Crippen molar-refractivity contribution in [3.63, 3.8) is 0 Å². The van der Waals surface area contributed by atoms with Crippen molar-refractivity contribution in [1.82, 2.24) is 9.78 Å². The smallest absolute Gasteiger partial charge is 0.276 e. The average molecular weight is 363 g/mol. The standard InChI is InChI=1S/C17H18FN3O3S/c18-12-3-5-13(6-4-12)19-17(22)15-9-16(11-1-2-11)21(20-15)14-7-8-25(23,24)10-14/h3-6,9,11,14H,1-2,7-8,10H2,(H,19,22). The summed E-state index contributed by atoms with van der Waals surface area (Å²) in [5, 5.41) is 7.09. The van der Waals surface area contributed by atoms with E-state index in [1.165, 1.54) is 24.3 Å². The molecular weight excluding hydrogens is 345 g/mol. The number of amides is 1. The quantitative estimate of drug-likeness (QED) is 0.905. The molecule has 132 valence electrons. The summed E-state index contributed by atoms with van der Waals surface area (Å²) in [5.41, 5.74) is 1.68. The number of sulfone groups is 1. The molecule has 2 fully saturated rings. The summed E-state index contributed by atoms with van der Waals surface area (Å²) in [6.07, 6.45) is 2.59. The maximum atomic E-state index is 13.0. The Labute approximate surface area is 145 Å². The molecule has 2 heterocycles. The van der Waals surface area contributed by atoms with Crippen LogP contribution in [0.4, 0.5) is 10.1 Å². The van der Waals surface area contributed by atoms with Crippen LogP contribution in [-0.4, -0.2) is 35.6 Å². The number of benzene rings is 1. The summed E-state index contributed by atoms with van der Waals surface area (Å²) < 4.78 is 38.2. The maximum Gasteiger partial charge on any atom is 0.276 e. The van der Waals surface area contributed by atoms with Gasteiger partial charge in [-0.15, -0.1) is 0 Å². The topological polar surface area (TPSA) is 81.1 Å². The molecule has 0 bridgehead atoms. The second kappa shape index (κ2) is 5.94. The molecule has 25 heavy (non-hydrogen) atoms. The van der Waals surface area contributed by atoms with Crippen LogP contribution in [0.2, 0.25) is 0 Å². The van der Waals surface area contributed by atoms with Crippen molar-refractivity contribution >= 4 is 21.4 Å². The van der Waals surface area contributed by atoms with Crippen LogP contribution in [0.3, 0.4) is 0 Å². The molecular formula is C17H18FN3O3S. The highest BCUT2D eigenvalue weighted by Crippen LogP contribution is 2.42. The van der Waals surface area contributed by atoms with Crippen LogP contribution >= 0.6 is 0 Å². The molecule has 4 rings (SSSR count). The zero-order valence-corrected chi connectivity index (χ0v) is 14.3. The van der Waals surface area contributed by atoms with Gasteiger partial charge in [0.15, 0.2) is 15.5 Å². The molecule has 1 amide bonds. The number of rotatable bonds is 4. The summed E-state index contributed by atoms with van der Waals surface area (Å²) in [5.74, 6) is -0.163. The number of carbonyl (C=O) groups is 1. The number of halogens is 1. The number of nitrogens with one attached hydrogen (secondary N) is 1. The number of carbonyl (C=O) groups excluding carboxylic acids is 1. The fourth-order valence-corrected chi connectivity index (χ4v) is 4.88. The molecule has 1 atom stereocenters. The first-order valence-corrected chi connectivity index (χ1v) is 10.1. The van der Waals surface area contributed by atoms with Gasteiger partial charge in [0.1, 0.15) is 5.82 Å². The van der Waals surface area contributed by atoms with Crippen LogP contribution in [-0.2, 0) is 9.84 Å². The van der Waals surface area contributed by atoms with Crippen molar-refractivity contribution in [3.8, 4) is 0 Å². The predicted molar refractivity (Wildman–Crippen MR) is 90.9 cm³/mol. The van der Waals surface area contributed by atoms with E-state index in [4.69, 9.17) is 0 Å². The van der Waals surface area contributed by atoms with Crippen molar-refractivity contribution in [2.45, 2.75) is 31.2 Å². The lowest BCUT2D eigenvalue weighted by atomic mass is 10.2. The zero-order chi connectivity index (χ0) is 17.6. The van der Waals surface area contributed by atoms with E-state index >= 15 is 0 Å². The number of aromatic nitrogens is 2. The van der Waals surface area contributed by atoms with Gasteiger partial charge < -0.3 is 5.32 Å². The molecule has 8 heteroatoms. The largest absolute Gasteiger partial charge is 0.321 e. The lowest BCUT2D eigenvalue weighted by Gasteiger charge is -2.12. The van der Waals surface area contributed by atoms with Gasteiger partial charge in [0.25, 0.3) is 5.91 Å². The molecule has 1 saturated carbocycles. The predicted octanol–water partition coefficient (Wildman–Crippen LogP) is 2.51. The minimum Gasteiger partial charge on any atom is -0.321 e. The van der Waals surface area contributed by atoms with Crippen LogP contribution < -0.4 is 5.32 Å². The van der Waals surface area contributed by atoms with Crippen LogP contribution in [0.25, 0.3) is 0 Å². The number of hydrogen-bond donors (Lipinski definition) is 1. The van der Waals surface area contributed by atoms with Gasteiger partial charge in [-0.1, -0.05) is 0 Å². The highest BCUT2D eigenvalue weighted by molar-refractivity contribution is 7.91.